The molecule has 0 aliphatic carbocycles. The van der Waals surface area contributed by atoms with Crippen LogP contribution < -0.4 is 10.1 Å². The van der Waals surface area contributed by atoms with E-state index in [1.807, 2.05) is 68.4 Å². The van der Waals surface area contributed by atoms with Crippen LogP contribution >= 0.6 is 0 Å². The third kappa shape index (κ3) is 8.17. The Morgan fingerprint density at radius 1 is 0.919 bits per heavy atom. The second-order valence-corrected chi connectivity index (χ2v) is 10.5. The zero-order chi connectivity index (χ0) is 27.0. The van der Waals surface area contributed by atoms with Gasteiger partial charge in [-0.3, -0.25) is 9.59 Å². The van der Waals surface area contributed by atoms with Gasteiger partial charge in [0, 0.05) is 24.6 Å². The Hall–Kier alpha value is -3.67. The molecule has 196 valence electrons. The summed E-state index contributed by atoms with van der Waals surface area (Å²) in [6, 6.07) is 22.5. The minimum absolute atomic E-state index is 0.000654. The van der Waals surface area contributed by atoms with E-state index in [1.54, 1.807) is 18.2 Å². The first-order valence-corrected chi connectivity index (χ1v) is 12.6. The fourth-order valence-electron chi connectivity index (χ4n) is 4.02. The maximum Gasteiger partial charge on any atom is 0.261 e. The van der Waals surface area contributed by atoms with E-state index >= 15 is 0 Å². The van der Waals surface area contributed by atoms with Gasteiger partial charge in [0.2, 0.25) is 5.91 Å². The highest BCUT2D eigenvalue weighted by Crippen LogP contribution is 2.24. The summed E-state index contributed by atoms with van der Waals surface area (Å²) in [5, 5.41) is 2.93. The number of carbonyl (C=O) groups excluding carboxylic acids is 2. The van der Waals surface area contributed by atoms with Gasteiger partial charge in [-0.15, -0.1) is 0 Å². The minimum atomic E-state index is -0.844. The van der Waals surface area contributed by atoms with Crippen molar-refractivity contribution in [3.63, 3.8) is 0 Å². The molecule has 0 saturated carbocycles. The smallest absolute Gasteiger partial charge is 0.261 e. The van der Waals surface area contributed by atoms with Crippen LogP contribution in [0, 0.1) is 5.82 Å². The predicted molar refractivity (Wildman–Crippen MR) is 145 cm³/mol. The number of nitrogens with zero attached hydrogens (tertiary/aromatic N) is 1. The molecule has 1 atom stereocenters. The molecule has 0 aromatic heterocycles. The summed E-state index contributed by atoms with van der Waals surface area (Å²) in [5.41, 5.74) is 2.39. The molecule has 3 aromatic rings. The molecule has 1 N–H and O–H groups in total. The van der Waals surface area contributed by atoms with Crippen molar-refractivity contribution < 1.29 is 18.7 Å². The molecule has 0 bridgehead atoms. The Bertz CT molecular complexity index is 1170. The lowest BCUT2D eigenvalue weighted by Crippen LogP contribution is -2.53. The molecular weight excluding hydrogens is 467 g/mol. The van der Waals surface area contributed by atoms with E-state index in [9.17, 15) is 14.0 Å². The Morgan fingerprint density at radius 3 is 2.14 bits per heavy atom. The minimum Gasteiger partial charge on any atom is -0.484 e. The number of benzene rings is 3. The molecule has 0 saturated heterocycles. The highest BCUT2D eigenvalue weighted by molar-refractivity contribution is 5.88. The third-order valence-corrected chi connectivity index (χ3v) is 6.08. The van der Waals surface area contributed by atoms with Gasteiger partial charge < -0.3 is 15.0 Å². The Balaban J connectivity index is 1.89. The Labute approximate surface area is 219 Å². The number of rotatable bonds is 10. The van der Waals surface area contributed by atoms with Crippen LogP contribution in [0.15, 0.2) is 78.9 Å². The standard InChI is InChI=1S/C31H37FN2O3/c1-22(2)33-30(36)28(19-23-11-7-6-8-12-23)34(20-24-13-9-10-14-27(24)32)29(35)21-37-26-17-15-25(16-18-26)31(3,4)5/h6-18,22,28H,19-21H2,1-5H3,(H,33,36)/t28-/m1/s1. The highest BCUT2D eigenvalue weighted by Gasteiger charge is 2.31. The van der Waals surface area contributed by atoms with Crippen molar-refractivity contribution in [3.8, 4) is 5.75 Å². The van der Waals surface area contributed by atoms with Crippen LogP contribution in [-0.4, -0.2) is 35.4 Å². The molecule has 0 unspecified atom stereocenters. The third-order valence-electron chi connectivity index (χ3n) is 6.08. The first-order chi connectivity index (χ1) is 17.5. The molecule has 0 aliphatic rings. The Kier molecular flexibility index (Phi) is 9.45. The van der Waals surface area contributed by atoms with Crippen molar-refractivity contribution in [1.82, 2.24) is 10.2 Å². The number of hydrogen-bond donors (Lipinski definition) is 1. The van der Waals surface area contributed by atoms with E-state index in [2.05, 4.69) is 26.1 Å². The summed E-state index contributed by atoms with van der Waals surface area (Å²) in [4.78, 5) is 28.3. The van der Waals surface area contributed by atoms with Gasteiger partial charge in [-0.1, -0.05) is 81.4 Å². The van der Waals surface area contributed by atoms with Gasteiger partial charge in [-0.05, 0) is 48.6 Å². The SMILES string of the molecule is CC(C)NC(=O)[C@@H](Cc1ccccc1)N(Cc1ccccc1F)C(=O)COc1ccc(C(C)(C)C)cc1. The van der Waals surface area contributed by atoms with Crippen molar-refractivity contribution in [2.24, 2.45) is 0 Å². The van der Waals surface area contributed by atoms with Crippen LogP contribution in [0.1, 0.15) is 51.3 Å². The summed E-state index contributed by atoms with van der Waals surface area (Å²) >= 11 is 0. The normalized spacial score (nSPS) is 12.2. The molecule has 6 heteroatoms. The van der Waals surface area contributed by atoms with Crippen LogP contribution in [0.5, 0.6) is 5.75 Å². The van der Waals surface area contributed by atoms with E-state index in [0.29, 0.717) is 17.7 Å². The molecule has 5 nitrogen and oxygen atoms in total. The summed E-state index contributed by atoms with van der Waals surface area (Å²) in [7, 11) is 0. The van der Waals surface area contributed by atoms with Crippen LogP contribution in [0.25, 0.3) is 0 Å². The largest absolute Gasteiger partial charge is 0.484 e. The van der Waals surface area contributed by atoms with Crippen LogP contribution in [0.2, 0.25) is 0 Å². The van der Waals surface area contributed by atoms with Crippen molar-refractivity contribution in [2.75, 3.05) is 6.61 Å². The van der Waals surface area contributed by atoms with Crippen LogP contribution in [-0.2, 0) is 28.0 Å². The molecule has 37 heavy (non-hydrogen) atoms. The van der Waals surface area contributed by atoms with Crippen molar-refractivity contribution >= 4 is 11.8 Å². The molecule has 3 rings (SSSR count). The fourth-order valence-corrected chi connectivity index (χ4v) is 4.02. The predicted octanol–water partition coefficient (Wildman–Crippen LogP) is 5.67. The number of hydrogen-bond acceptors (Lipinski definition) is 3. The first kappa shape index (κ1) is 27.9. The molecule has 0 fully saturated rings. The number of halogens is 1. The monoisotopic (exact) mass is 504 g/mol. The van der Waals surface area contributed by atoms with E-state index in [4.69, 9.17) is 4.74 Å². The van der Waals surface area contributed by atoms with Crippen molar-refractivity contribution in [2.45, 2.75) is 65.1 Å². The average molecular weight is 505 g/mol. The number of ether oxygens (including phenoxy) is 1. The average Bonchev–Trinajstić information content (AvgIpc) is 2.85. The number of nitrogens with one attached hydrogen (secondary N) is 1. The molecule has 0 heterocycles. The lowest BCUT2D eigenvalue weighted by Gasteiger charge is -2.32. The molecular formula is C31H37FN2O3. The highest BCUT2D eigenvalue weighted by atomic mass is 19.1. The second-order valence-electron chi connectivity index (χ2n) is 10.5. The number of amides is 2. The zero-order valence-corrected chi connectivity index (χ0v) is 22.3. The second kappa shape index (κ2) is 12.5. The lowest BCUT2D eigenvalue weighted by atomic mass is 9.87. The quantitative estimate of drug-likeness (QED) is 0.387. The fraction of sp³-hybridized carbons (Fsp3) is 0.355. The van der Waals surface area contributed by atoms with Gasteiger partial charge >= 0.3 is 0 Å². The summed E-state index contributed by atoms with van der Waals surface area (Å²) in [6.07, 6.45) is 0.292. The zero-order valence-electron chi connectivity index (χ0n) is 22.3. The summed E-state index contributed by atoms with van der Waals surface area (Å²) < 4.78 is 20.5. The molecule has 0 spiro atoms. The van der Waals surface area contributed by atoms with E-state index in [-0.39, 0.29) is 30.5 Å². The van der Waals surface area contributed by atoms with Gasteiger partial charge in [0.1, 0.15) is 17.6 Å². The van der Waals surface area contributed by atoms with Gasteiger partial charge in [-0.2, -0.15) is 0 Å². The van der Waals surface area contributed by atoms with E-state index in [0.717, 1.165) is 11.1 Å². The van der Waals surface area contributed by atoms with E-state index in [1.165, 1.54) is 11.0 Å². The van der Waals surface area contributed by atoms with Gasteiger partial charge in [0.25, 0.3) is 5.91 Å². The number of carbonyl (C=O) groups is 2. The van der Waals surface area contributed by atoms with Crippen molar-refractivity contribution in [1.29, 1.82) is 0 Å². The van der Waals surface area contributed by atoms with Gasteiger partial charge in [0.05, 0.1) is 0 Å². The Morgan fingerprint density at radius 2 is 1.54 bits per heavy atom. The molecule has 2 amide bonds. The molecule has 0 aliphatic heterocycles. The van der Waals surface area contributed by atoms with Crippen LogP contribution in [0.4, 0.5) is 4.39 Å². The topological polar surface area (TPSA) is 58.6 Å². The molecule has 3 aromatic carbocycles. The van der Waals surface area contributed by atoms with Gasteiger partial charge in [-0.25, -0.2) is 4.39 Å². The van der Waals surface area contributed by atoms with Gasteiger partial charge in [0.15, 0.2) is 6.61 Å². The van der Waals surface area contributed by atoms with Crippen molar-refractivity contribution in [3.05, 3.63) is 101 Å². The van der Waals surface area contributed by atoms with Crippen LogP contribution in [0.3, 0.4) is 0 Å². The van der Waals surface area contributed by atoms with E-state index < -0.39 is 17.8 Å². The maximum atomic E-state index is 14.6. The molecule has 0 radical (unpaired) electrons. The first-order valence-electron chi connectivity index (χ1n) is 12.6. The lowest BCUT2D eigenvalue weighted by molar-refractivity contribution is -0.143. The summed E-state index contributed by atoms with van der Waals surface area (Å²) in [6.45, 7) is 9.78. The maximum absolute atomic E-state index is 14.6. The summed E-state index contributed by atoms with van der Waals surface area (Å²) in [5.74, 6) is -0.568.